The number of aliphatic hydroxyl groups is 1. The monoisotopic (exact) mass is 555 g/mol. The first-order valence-corrected chi connectivity index (χ1v) is 13.4. The summed E-state index contributed by atoms with van der Waals surface area (Å²) < 4.78 is 11.6. The van der Waals surface area contributed by atoms with Crippen molar-refractivity contribution in [3.63, 3.8) is 0 Å². The van der Waals surface area contributed by atoms with Crippen LogP contribution in [0.2, 0.25) is 0 Å². The Kier molecular flexibility index (Phi) is 10.6. The Bertz CT molecular complexity index is 1170. The van der Waals surface area contributed by atoms with Crippen molar-refractivity contribution in [2.45, 2.75) is 52.3 Å². The van der Waals surface area contributed by atoms with Gasteiger partial charge in [0, 0.05) is 42.5 Å². The van der Waals surface area contributed by atoms with Gasteiger partial charge in [0.2, 0.25) is 5.91 Å². The van der Waals surface area contributed by atoms with E-state index < -0.39 is 18.2 Å². The number of methoxy groups -OCH3 is 1. The lowest BCUT2D eigenvalue weighted by Gasteiger charge is -2.34. The zero-order valence-electron chi connectivity index (χ0n) is 24.1. The first kappa shape index (κ1) is 30.6. The van der Waals surface area contributed by atoms with Crippen LogP contribution in [0.4, 0.5) is 21.0 Å². The maximum Gasteiger partial charge on any atom is 0.323 e. The smallest absolute Gasteiger partial charge is 0.323 e. The van der Waals surface area contributed by atoms with E-state index in [0.29, 0.717) is 41.5 Å². The van der Waals surface area contributed by atoms with E-state index in [-0.39, 0.29) is 36.9 Å². The van der Waals surface area contributed by atoms with Crippen molar-refractivity contribution in [3.8, 4) is 11.5 Å². The maximum absolute atomic E-state index is 13.4. The first-order valence-electron chi connectivity index (χ1n) is 13.4. The molecule has 0 saturated carbocycles. The number of benzene rings is 2. The topological polar surface area (TPSA) is 132 Å². The molecule has 3 rings (SSSR count). The summed E-state index contributed by atoms with van der Waals surface area (Å²) >= 11 is 0. The van der Waals surface area contributed by atoms with E-state index in [1.807, 2.05) is 20.8 Å². The molecule has 0 saturated heterocycles. The molecule has 0 fully saturated rings. The zero-order chi connectivity index (χ0) is 29.4. The van der Waals surface area contributed by atoms with Gasteiger partial charge >= 0.3 is 12.1 Å². The summed E-state index contributed by atoms with van der Waals surface area (Å²) in [6.07, 6.45) is -0.406. The summed E-state index contributed by atoms with van der Waals surface area (Å²) in [5.41, 5.74) is 1.67. The normalized spacial score (nSPS) is 17.9. The number of nitrogens with one attached hydrogen (secondary N) is 3. The fourth-order valence-electron chi connectivity index (χ4n) is 4.40. The van der Waals surface area contributed by atoms with Gasteiger partial charge < -0.3 is 40.3 Å². The minimum Gasteiger partial charge on any atom is -0.497 e. The quantitative estimate of drug-likeness (QED) is 0.394. The summed E-state index contributed by atoms with van der Waals surface area (Å²) in [5, 5.41) is 18.3. The number of aliphatic hydroxyl groups excluding tert-OH is 1. The molecule has 11 nitrogen and oxygen atoms in total. The van der Waals surface area contributed by atoms with Gasteiger partial charge in [-0.05, 0) is 63.2 Å². The lowest BCUT2D eigenvalue weighted by Crippen LogP contribution is -2.49. The fourth-order valence-corrected chi connectivity index (χ4v) is 4.40. The Morgan fingerprint density at radius 1 is 1.12 bits per heavy atom. The molecule has 4 N–H and O–H groups in total. The van der Waals surface area contributed by atoms with E-state index in [0.717, 1.165) is 0 Å². The molecule has 0 aliphatic carbocycles. The molecular weight excluding hydrogens is 514 g/mol. The van der Waals surface area contributed by atoms with Crippen molar-refractivity contribution < 1.29 is 29.0 Å². The molecule has 40 heavy (non-hydrogen) atoms. The van der Waals surface area contributed by atoms with Crippen molar-refractivity contribution >= 4 is 29.3 Å². The molecule has 0 spiro atoms. The second-order valence-electron chi connectivity index (χ2n) is 10.5. The van der Waals surface area contributed by atoms with E-state index in [2.05, 4.69) is 16.0 Å². The largest absolute Gasteiger partial charge is 0.497 e. The van der Waals surface area contributed by atoms with E-state index in [4.69, 9.17) is 9.47 Å². The number of fused-ring (bicyclic) bond motifs is 1. The van der Waals surface area contributed by atoms with Crippen molar-refractivity contribution in [1.82, 2.24) is 15.1 Å². The molecule has 2 aromatic carbocycles. The number of carbonyl (C=O) groups is 3. The molecule has 0 unspecified atom stereocenters. The Morgan fingerprint density at radius 2 is 1.77 bits per heavy atom. The molecule has 0 bridgehead atoms. The van der Waals surface area contributed by atoms with Crippen molar-refractivity contribution in [1.29, 1.82) is 0 Å². The van der Waals surface area contributed by atoms with Gasteiger partial charge in [-0.3, -0.25) is 4.79 Å². The number of nitrogens with zero attached hydrogens (tertiary/aromatic N) is 2. The fraction of sp³-hybridized carbons (Fsp3) is 0.483. The number of carbonyl (C=O) groups excluding carboxylic acids is 3. The van der Waals surface area contributed by atoms with Crippen molar-refractivity contribution in [2.75, 3.05) is 44.5 Å². The van der Waals surface area contributed by atoms with Gasteiger partial charge in [-0.1, -0.05) is 6.92 Å². The summed E-state index contributed by atoms with van der Waals surface area (Å²) in [4.78, 5) is 41.9. The van der Waals surface area contributed by atoms with Gasteiger partial charge in [0.25, 0.3) is 0 Å². The van der Waals surface area contributed by atoms with Gasteiger partial charge in [0.15, 0.2) is 0 Å². The number of hydrogen-bond donors (Lipinski definition) is 4. The van der Waals surface area contributed by atoms with Crippen LogP contribution in [0.15, 0.2) is 42.5 Å². The number of amides is 5. The number of likely N-dealkylation sites (N-methyl/N-ethyl adjacent to an activating group) is 1. The molecule has 2 aromatic rings. The Balaban J connectivity index is 1.85. The third kappa shape index (κ3) is 8.25. The minimum atomic E-state index is -0.444. The molecule has 1 aliphatic rings. The van der Waals surface area contributed by atoms with E-state index in [9.17, 15) is 19.5 Å². The van der Waals surface area contributed by atoms with Crippen molar-refractivity contribution in [3.05, 3.63) is 48.0 Å². The highest BCUT2D eigenvalue weighted by atomic mass is 16.5. The number of ether oxygens (including phenoxy) is 2. The average Bonchev–Trinajstić information content (AvgIpc) is 2.95. The molecule has 0 radical (unpaired) electrons. The Labute approximate surface area is 235 Å². The van der Waals surface area contributed by atoms with E-state index in [1.54, 1.807) is 73.3 Å². The van der Waals surface area contributed by atoms with E-state index >= 15 is 0 Å². The van der Waals surface area contributed by atoms with Crippen LogP contribution in [-0.4, -0.2) is 84.9 Å². The highest BCUT2D eigenvalue weighted by Gasteiger charge is 2.32. The van der Waals surface area contributed by atoms with Crippen LogP contribution >= 0.6 is 0 Å². The minimum absolute atomic E-state index is 0.0130. The first-order chi connectivity index (χ1) is 19.0. The lowest BCUT2D eigenvalue weighted by atomic mass is 10.0. The third-order valence-corrected chi connectivity index (χ3v) is 6.73. The average molecular weight is 556 g/mol. The standard InChI is InChI=1S/C29H41N5O6/c1-18(2)30-29(38)33(5)16-26-19(3)15-34(20(4)17-35)27(36)14-21-13-23(9-12-25(21)40-26)32-28(37)31-22-7-10-24(39-6)11-8-22/h7-13,18-20,26,35H,14-17H2,1-6H3,(H,30,38)(H2,31,32,37)/t19-,20+,26-/m1/s1. The summed E-state index contributed by atoms with van der Waals surface area (Å²) in [6, 6.07) is 11.0. The van der Waals surface area contributed by atoms with E-state index in [1.165, 1.54) is 0 Å². The van der Waals surface area contributed by atoms with Crippen LogP contribution in [0, 0.1) is 5.92 Å². The molecule has 1 heterocycles. The van der Waals surface area contributed by atoms with Gasteiger partial charge in [-0.25, -0.2) is 9.59 Å². The maximum atomic E-state index is 13.4. The lowest BCUT2D eigenvalue weighted by molar-refractivity contribution is -0.134. The van der Waals surface area contributed by atoms with Crippen LogP contribution in [0.25, 0.3) is 0 Å². The molecule has 1 aliphatic heterocycles. The second kappa shape index (κ2) is 13.9. The number of anilines is 2. The van der Waals surface area contributed by atoms with Crippen LogP contribution in [0.3, 0.4) is 0 Å². The van der Waals surface area contributed by atoms with Gasteiger partial charge in [0.05, 0.1) is 32.7 Å². The second-order valence-corrected chi connectivity index (χ2v) is 10.5. The molecule has 5 amide bonds. The number of hydrogen-bond acceptors (Lipinski definition) is 6. The highest BCUT2D eigenvalue weighted by molar-refractivity contribution is 6.00. The summed E-state index contributed by atoms with van der Waals surface area (Å²) in [6.45, 7) is 8.01. The summed E-state index contributed by atoms with van der Waals surface area (Å²) in [7, 11) is 3.27. The molecule has 3 atom stereocenters. The SMILES string of the molecule is COc1ccc(NC(=O)Nc2ccc3c(c2)CC(=O)N([C@@H](C)CO)C[C@@H](C)[C@@H](CN(C)C(=O)NC(C)C)O3)cc1. The van der Waals surface area contributed by atoms with Gasteiger partial charge in [-0.15, -0.1) is 0 Å². The number of rotatable bonds is 8. The zero-order valence-corrected chi connectivity index (χ0v) is 24.1. The molecule has 11 heteroatoms. The van der Waals surface area contributed by atoms with Crippen LogP contribution < -0.4 is 25.4 Å². The van der Waals surface area contributed by atoms with Gasteiger partial charge in [-0.2, -0.15) is 0 Å². The predicted octanol–water partition coefficient (Wildman–Crippen LogP) is 3.54. The Morgan fingerprint density at radius 3 is 2.40 bits per heavy atom. The van der Waals surface area contributed by atoms with Crippen molar-refractivity contribution in [2.24, 2.45) is 5.92 Å². The molecule has 218 valence electrons. The molecule has 0 aromatic heterocycles. The van der Waals surface area contributed by atoms with Gasteiger partial charge in [0.1, 0.15) is 17.6 Å². The highest BCUT2D eigenvalue weighted by Crippen LogP contribution is 2.29. The third-order valence-electron chi connectivity index (χ3n) is 6.73. The predicted molar refractivity (Wildman–Crippen MR) is 154 cm³/mol. The Hall–Kier alpha value is -3.99. The summed E-state index contributed by atoms with van der Waals surface area (Å²) in [5.74, 6) is 0.871. The van der Waals surface area contributed by atoms with Crippen LogP contribution in [0.5, 0.6) is 11.5 Å². The van der Waals surface area contributed by atoms with Crippen LogP contribution in [-0.2, 0) is 11.2 Å². The number of urea groups is 2. The van der Waals surface area contributed by atoms with Crippen LogP contribution in [0.1, 0.15) is 33.3 Å². The molecular formula is C29H41N5O6.